The molecule has 0 radical (unpaired) electrons. The number of nitrogens with one attached hydrogen (secondary N) is 2. The number of aliphatic imine (C=N–C) groups is 1. The van der Waals surface area contributed by atoms with Crippen LogP contribution in [0, 0.1) is 0 Å². The summed E-state index contributed by atoms with van der Waals surface area (Å²) in [4.78, 5) is 9.49. The summed E-state index contributed by atoms with van der Waals surface area (Å²) in [6.45, 7) is 16.0. The van der Waals surface area contributed by atoms with Crippen LogP contribution in [0.5, 0.6) is 0 Å². The highest BCUT2D eigenvalue weighted by Crippen LogP contribution is 2.15. The highest BCUT2D eigenvalue weighted by atomic mass is 15.3. The normalized spacial score (nSPS) is 16.4. The highest BCUT2D eigenvalue weighted by Gasteiger charge is 2.14. The molecular formula is C24H43N5. The zero-order valence-electron chi connectivity index (χ0n) is 19.2. The van der Waals surface area contributed by atoms with Crippen LogP contribution >= 0.6 is 0 Å². The van der Waals surface area contributed by atoms with Gasteiger partial charge in [-0.1, -0.05) is 45.0 Å². The average molecular weight is 402 g/mol. The molecule has 2 rings (SSSR count). The second-order valence-corrected chi connectivity index (χ2v) is 8.41. The van der Waals surface area contributed by atoms with Gasteiger partial charge in [0.2, 0.25) is 0 Å². The van der Waals surface area contributed by atoms with Crippen LogP contribution < -0.4 is 10.6 Å². The van der Waals surface area contributed by atoms with Crippen LogP contribution in [0.1, 0.15) is 57.1 Å². The number of guanidine groups is 1. The minimum Gasteiger partial charge on any atom is -0.356 e. The Morgan fingerprint density at radius 1 is 0.931 bits per heavy atom. The maximum absolute atomic E-state index is 4.35. The van der Waals surface area contributed by atoms with Crippen molar-refractivity contribution in [2.24, 2.45) is 4.99 Å². The van der Waals surface area contributed by atoms with Gasteiger partial charge in [-0.3, -0.25) is 4.99 Å². The minimum atomic E-state index is 0.603. The van der Waals surface area contributed by atoms with Gasteiger partial charge in [0.15, 0.2) is 5.96 Å². The lowest BCUT2D eigenvalue weighted by molar-refractivity contribution is 0.136. The molecule has 1 aliphatic rings. The molecule has 0 aromatic heterocycles. The van der Waals surface area contributed by atoms with E-state index in [9.17, 15) is 0 Å². The number of likely N-dealkylation sites (N-methyl/N-ethyl adjacent to an activating group) is 1. The SMILES string of the molecule is CCN1CCN(CCCCNC(=NC)NCCCc2ccc(C(C)C)cc2)CC1. The Kier molecular flexibility index (Phi) is 11.1. The van der Waals surface area contributed by atoms with Gasteiger partial charge in [0.1, 0.15) is 0 Å². The lowest BCUT2D eigenvalue weighted by Crippen LogP contribution is -2.46. The Balaban J connectivity index is 1.50. The summed E-state index contributed by atoms with van der Waals surface area (Å²) in [7, 11) is 1.85. The van der Waals surface area contributed by atoms with Gasteiger partial charge in [0.25, 0.3) is 0 Å². The summed E-state index contributed by atoms with van der Waals surface area (Å²) in [6, 6.07) is 9.06. The topological polar surface area (TPSA) is 42.9 Å². The largest absolute Gasteiger partial charge is 0.356 e. The third-order valence-corrected chi connectivity index (χ3v) is 5.91. The molecule has 2 N–H and O–H groups in total. The van der Waals surface area contributed by atoms with Gasteiger partial charge in [-0.25, -0.2) is 0 Å². The maximum atomic E-state index is 4.35. The summed E-state index contributed by atoms with van der Waals surface area (Å²) >= 11 is 0. The first-order valence-electron chi connectivity index (χ1n) is 11.6. The first-order chi connectivity index (χ1) is 14.1. The predicted octanol–water partition coefficient (Wildman–Crippen LogP) is 3.33. The van der Waals surface area contributed by atoms with Crippen LogP contribution in [-0.2, 0) is 6.42 Å². The van der Waals surface area contributed by atoms with Crippen LogP contribution in [0.2, 0.25) is 0 Å². The van der Waals surface area contributed by atoms with E-state index in [1.54, 1.807) is 0 Å². The lowest BCUT2D eigenvalue weighted by Gasteiger charge is -2.34. The third-order valence-electron chi connectivity index (χ3n) is 5.91. The van der Waals surface area contributed by atoms with Crippen molar-refractivity contribution in [2.45, 2.75) is 52.4 Å². The van der Waals surface area contributed by atoms with Gasteiger partial charge in [-0.2, -0.15) is 0 Å². The van der Waals surface area contributed by atoms with Crippen molar-refractivity contribution < 1.29 is 0 Å². The molecule has 5 nitrogen and oxygen atoms in total. The van der Waals surface area contributed by atoms with Crippen molar-refractivity contribution in [3.05, 3.63) is 35.4 Å². The number of unbranched alkanes of at least 4 members (excludes halogenated alkanes) is 1. The molecule has 5 heteroatoms. The second kappa shape index (κ2) is 13.6. The molecule has 1 aliphatic heterocycles. The Labute approximate surface area is 179 Å². The lowest BCUT2D eigenvalue weighted by atomic mass is 10.0. The fourth-order valence-electron chi connectivity index (χ4n) is 3.79. The molecule has 0 bridgehead atoms. The van der Waals surface area contributed by atoms with Gasteiger partial charge < -0.3 is 20.4 Å². The average Bonchev–Trinajstić information content (AvgIpc) is 2.75. The zero-order valence-corrected chi connectivity index (χ0v) is 19.2. The molecule has 1 saturated heterocycles. The first-order valence-corrected chi connectivity index (χ1v) is 11.6. The number of aryl methyl sites for hydroxylation is 1. The maximum Gasteiger partial charge on any atom is 0.190 e. The standard InChI is InChI=1S/C24H43N5/c1-5-28-17-19-29(20-18-28)16-7-6-14-26-24(25-4)27-15-8-9-22-10-12-23(13-11-22)21(2)3/h10-13,21H,5-9,14-20H2,1-4H3,(H2,25,26,27). The van der Waals surface area contributed by atoms with Crippen LogP contribution in [0.25, 0.3) is 0 Å². The molecule has 0 aliphatic carbocycles. The summed E-state index contributed by atoms with van der Waals surface area (Å²) in [5.41, 5.74) is 2.83. The number of hydrogen-bond acceptors (Lipinski definition) is 3. The second-order valence-electron chi connectivity index (χ2n) is 8.41. The van der Waals surface area contributed by atoms with Crippen LogP contribution in [0.15, 0.2) is 29.3 Å². The van der Waals surface area contributed by atoms with E-state index in [1.807, 2.05) is 7.05 Å². The Morgan fingerprint density at radius 2 is 1.55 bits per heavy atom. The monoisotopic (exact) mass is 401 g/mol. The van der Waals surface area contributed by atoms with Crippen LogP contribution in [0.3, 0.4) is 0 Å². The number of benzene rings is 1. The Bertz CT molecular complexity index is 573. The highest BCUT2D eigenvalue weighted by molar-refractivity contribution is 5.79. The number of nitrogens with zero attached hydrogens (tertiary/aromatic N) is 3. The molecule has 1 fully saturated rings. The molecular weight excluding hydrogens is 358 g/mol. The van der Waals surface area contributed by atoms with Gasteiger partial charge >= 0.3 is 0 Å². The number of piperazine rings is 1. The van der Waals surface area contributed by atoms with Gasteiger partial charge in [-0.15, -0.1) is 0 Å². The van der Waals surface area contributed by atoms with Crippen molar-refractivity contribution in [1.29, 1.82) is 0 Å². The van der Waals surface area contributed by atoms with E-state index in [4.69, 9.17) is 0 Å². The first kappa shape index (κ1) is 23.7. The third kappa shape index (κ3) is 9.18. The van der Waals surface area contributed by atoms with E-state index in [-0.39, 0.29) is 0 Å². The Hall–Kier alpha value is -1.59. The van der Waals surface area contributed by atoms with Gasteiger partial charge in [0.05, 0.1) is 0 Å². The van der Waals surface area contributed by atoms with Crippen molar-refractivity contribution in [2.75, 3.05) is 59.4 Å². The van der Waals surface area contributed by atoms with E-state index < -0.39 is 0 Å². The molecule has 1 aromatic rings. The van der Waals surface area contributed by atoms with Gasteiger partial charge in [-0.05, 0) is 55.8 Å². The van der Waals surface area contributed by atoms with Crippen molar-refractivity contribution >= 4 is 5.96 Å². The van der Waals surface area contributed by atoms with E-state index in [2.05, 4.69) is 70.5 Å². The summed E-state index contributed by atoms with van der Waals surface area (Å²) < 4.78 is 0. The van der Waals surface area contributed by atoms with Crippen molar-refractivity contribution in [1.82, 2.24) is 20.4 Å². The van der Waals surface area contributed by atoms with Gasteiger partial charge in [0, 0.05) is 46.3 Å². The molecule has 29 heavy (non-hydrogen) atoms. The molecule has 0 atom stereocenters. The minimum absolute atomic E-state index is 0.603. The number of hydrogen-bond donors (Lipinski definition) is 2. The predicted molar refractivity (Wildman–Crippen MR) is 126 cm³/mol. The van der Waals surface area contributed by atoms with E-state index in [0.29, 0.717) is 5.92 Å². The summed E-state index contributed by atoms with van der Waals surface area (Å²) in [5, 5.41) is 6.90. The van der Waals surface area contributed by atoms with Crippen LogP contribution in [-0.4, -0.2) is 75.2 Å². The molecule has 1 heterocycles. The van der Waals surface area contributed by atoms with E-state index in [0.717, 1.165) is 31.9 Å². The number of rotatable bonds is 11. The Morgan fingerprint density at radius 3 is 2.14 bits per heavy atom. The molecule has 0 saturated carbocycles. The fraction of sp³-hybridized carbons (Fsp3) is 0.708. The van der Waals surface area contributed by atoms with E-state index in [1.165, 1.54) is 63.2 Å². The molecule has 1 aromatic carbocycles. The molecule has 164 valence electrons. The molecule has 0 amide bonds. The quantitative estimate of drug-likeness (QED) is 0.339. The van der Waals surface area contributed by atoms with Crippen molar-refractivity contribution in [3.63, 3.8) is 0 Å². The fourth-order valence-corrected chi connectivity index (χ4v) is 3.79. The molecule has 0 unspecified atom stereocenters. The summed E-state index contributed by atoms with van der Waals surface area (Å²) in [6.07, 6.45) is 4.67. The summed E-state index contributed by atoms with van der Waals surface area (Å²) in [5.74, 6) is 1.53. The van der Waals surface area contributed by atoms with E-state index >= 15 is 0 Å². The molecule has 0 spiro atoms. The zero-order chi connectivity index (χ0) is 20.9. The van der Waals surface area contributed by atoms with Crippen LogP contribution in [0.4, 0.5) is 0 Å². The van der Waals surface area contributed by atoms with Crippen molar-refractivity contribution in [3.8, 4) is 0 Å². The smallest absolute Gasteiger partial charge is 0.190 e.